The average molecular weight is 1290 g/mol. The minimum Gasteiger partial charge on any atom is -0.479 e. The molecule has 6 heterocycles. The highest BCUT2D eigenvalue weighted by Crippen LogP contribution is 2.37. The maximum Gasteiger partial charge on any atom is 0.335 e. The van der Waals surface area contributed by atoms with Crippen LogP contribution in [0.3, 0.4) is 0 Å². The van der Waals surface area contributed by atoms with Crippen LogP contribution in [0, 0.1) is 5.92 Å². The van der Waals surface area contributed by atoms with Crippen LogP contribution in [0.2, 0.25) is 0 Å². The van der Waals surface area contributed by atoms with Crippen LogP contribution in [0.1, 0.15) is 27.7 Å². The number of nitrogens with zero attached hydrogens (tertiary/aromatic N) is 3. The standard InChI is InChI=1S/C35H50N6O21.C14H23NO12/c1-10-19(46)27(29(31(53)54)62-33(10)58-25-17(37-11(2)44)32(55)56-15(8-42)20(25)47)60-34-18(38-12(3)45)26(21(48)16(9-43)57-34)59-35-24(51)22(49)23(50)28(61-35)30(52)39-13-4-6-14(7-5-13)40-41-36;1-3(17)15-5-10(6(18)4(2-16)25-13(5)24)26-14-9(21)7(19)8(20)11(27-14)12(22)23/h4-7,10,15-29,32-35,42-43,46-51,55H,8-9H2,1-3H3,(H,37,44)(H,38,45)(H,39,52)(H,53,54);4-11,13-14,16,18-21,24H,2H2,1H3,(H,15,17)(H,22,23). The number of carbonyl (C=O) groups is 6. The molecular weight excluding hydrogens is 1210 g/mol. The molecule has 4 amide bonds. The number of aliphatic carboxylic acids is 2. The van der Waals surface area contributed by atoms with Gasteiger partial charge in [0.2, 0.25) is 17.7 Å². The number of rotatable bonds is 19. The fourth-order valence-corrected chi connectivity index (χ4v) is 10.3. The molecule has 6 aliphatic heterocycles. The molecule has 6 fully saturated rings. The Kier molecular flexibility index (Phi) is 25.7. The first-order chi connectivity index (χ1) is 41.9. The average Bonchev–Trinajstić information content (AvgIpc) is 1.01. The number of aliphatic hydroxyl groups is 15. The number of hydrogen-bond acceptors (Lipinski definition) is 32. The van der Waals surface area contributed by atoms with E-state index >= 15 is 0 Å². The van der Waals surface area contributed by atoms with E-state index in [9.17, 15) is 110 Å². The summed E-state index contributed by atoms with van der Waals surface area (Å²) in [5, 5.41) is 188. The smallest absolute Gasteiger partial charge is 0.335 e. The summed E-state index contributed by atoms with van der Waals surface area (Å²) >= 11 is 0. The number of carbonyl (C=O) groups excluding carboxylic acids is 4. The number of anilines is 1. The van der Waals surface area contributed by atoms with Crippen molar-refractivity contribution in [2.45, 2.75) is 206 Å². The Labute approximate surface area is 501 Å². The summed E-state index contributed by atoms with van der Waals surface area (Å²) in [5.41, 5.74) is 8.96. The normalized spacial score (nSPS) is 42.3. The second-order valence-corrected chi connectivity index (χ2v) is 21.2. The molecule has 7 rings (SSSR count). The predicted octanol–water partition coefficient (Wildman–Crippen LogP) is -10.7. The molecule has 502 valence electrons. The van der Waals surface area contributed by atoms with Gasteiger partial charge in [-0.2, -0.15) is 0 Å². The highest BCUT2D eigenvalue weighted by atomic mass is 16.8. The van der Waals surface area contributed by atoms with E-state index in [1.54, 1.807) is 0 Å². The fourth-order valence-electron chi connectivity index (χ4n) is 10.3. The van der Waals surface area contributed by atoms with Gasteiger partial charge in [-0.05, 0) is 17.7 Å². The van der Waals surface area contributed by atoms with Gasteiger partial charge in [-0.3, -0.25) is 19.2 Å². The highest BCUT2D eigenvalue weighted by molar-refractivity contribution is 5.95. The van der Waals surface area contributed by atoms with Gasteiger partial charge < -0.3 is 155 Å². The lowest BCUT2D eigenvalue weighted by atomic mass is 9.90. The van der Waals surface area contributed by atoms with Gasteiger partial charge in [0.15, 0.2) is 56.1 Å². The number of ether oxygens (including phenoxy) is 10. The molecule has 40 nitrogen and oxygen atoms in total. The first-order valence-electron chi connectivity index (χ1n) is 27.2. The lowest BCUT2D eigenvalue weighted by molar-refractivity contribution is -0.363. The van der Waals surface area contributed by atoms with Crippen LogP contribution in [-0.4, -0.2) is 320 Å². The maximum absolute atomic E-state index is 13.3. The molecule has 89 heavy (non-hydrogen) atoms. The van der Waals surface area contributed by atoms with Gasteiger partial charge in [0, 0.05) is 43.0 Å². The van der Waals surface area contributed by atoms with Gasteiger partial charge in [-0.1, -0.05) is 24.2 Å². The van der Waals surface area contributed by atoms with Crippen molar-refractivity contribution in [1.29, 1.82) is 0 Å². The van der Waals surface area contributed by atoms with Crippen molar-refractivity contribution < 1.29 is 163 Å². The molecule has 21 N–H and O–H groups in total. The summed E-state index contributed by atoms with van der Waals surface area (Å²) in [7, 11) is 0. The van der Waals surface area contributed by atoms with E-state index in [2.05, 4.69) is 31.3 Å². The third-order valence-electron chi connectivity index (χ3n) is 14.9. The molecule has 6 aliphatic rings. The van der Waals surface area contributed by atoms with Gasteiger partial charge in [-0.25, -0.2) is 9.59 Å². The van der Waals surface area contributed by atoms with Crippen molar-refractivity contribution in [3.8, 4) is 0 Å². The number of azide groups is 1. The molecule has 0 radical (unpaired) electrons. The molecule has 30 unspecified atom stereocenters. The maximum atomic E-state index is 13.3. The Bertz CT molecular complexity index is 2620. The Hall–Kier alpha value is -5.65. The van der Waals surface area contributed by atoms with E-state index in [1.807, 2.05) is 0 Å². The van der Waals surface area contributed by atoms with E-state index in [-0.39, 0.29) is 11.4 Å². The Morgan fingerprint density at radius 1 is 0.472 bits per heavy atom. The number of hydrogen-bond donors (Lipinski definition) is 21. The summed E-state index contributed by atoms with van der Waals surface area (Å²) < 4.78 is 55.2. The molecule has 6 saturated heterocycles. The quantitative estimate of drug-likeness (QED) is 0.0347. The van der Waals surface area contributed by atoms with Crippen molar-refractivity contribution in [2.24, 2.45) is 11.0 Å². The van der Waals surface area contributed by atoms with Crippen LogP contribution in [0.5, 0.6) is 0 Å². The van der Waals surface area contributed by atoms with Crippen molar-refractivity contribution >= 4 is 46.9 Å². The van der Waals surface area contributed by atoms with Crippen LogP contribution >= 0.6 is 0 Å². The molecular formula is C49H73N7O33. The van der Waals surface area contributed by atoms with Crippen molar-refractivity contribution in [3.05, 3.63) is 34.7 Å². The topological polar surface area (TPSA) is 636 Å². The molecule has 0 bridgehead atoms. The third kappa shape index (κ3) is 16.9. The fraction of sp³-hybridized carbons (Fsp3) is 0.755. The van der Waals surface area contributed by atoms with E-state index in [0.717, 1.165) is 20.8 Å². The third-order valence-corrected chi connectivity index (χ3v) is 14.9. The molecule has 40 heteroatoms. The zero-order valence-corrected chi connectivity index (χ0v) is 47.2. The minimum absolute atomic E-state index is 0.127. The minimum atomic E-state index is -2.16. The van der Waals surface area contributed by atoms with Crippen molar-refractivity contribution in [1.82, 2.24) is 16.0 Å². The molecule has 0 spiro atoms. The van der Waals surface area contributed by atoms with Gasteiger partial charge in [0.25, 0.3) is 5.91 Å². The van der Waals surface area contributed by atoms with E-state index < -0.39 is 239 Å². The number of carboxylic acid groups (broad SMARTS) is 2. The Morgan fingerprint density at radius 3 is 1.28 bits per heavy atom. The van der Waals surface area contributed by atoms with Crippen molar-refractivity contribution in [3.63, 3.8) is 0 Å². The summed E-state index contributed by atoms with van der Waals surface area (Å²) in [6.45, 7) is 2.02. The lowest BCUT2D eigenvalue weighted by Crippen LogP contribution is -2.70. The predicted molar refractivity (Wildman–Crippen MR) is 278 cm³/mol. The first kappa shape index (κ1) is 72.4. The molecule has 0 aliphatic carbocycles. The summed E-state index contributed by atoms with van der Waals surface area (Å²) in [5.74, 6) is -7.87. The summed E-state index contributed by atoms with van der Waals surface area (Å²) in [4.78, 5) is 75.6. The first-order valence-corrected chi connectivity index (χ1v) is 27.2. The Morgan fingerprint density at radius 2 is 0.854 bits per heavy atom. The second kappa shape index (κ2) is 31.6. The van der Waals surface area contributed by atoms with Gasteiger partial charge in [0.1, 0.15) is 116 Å². The number of aliphatic hydroxyl groups excluding tert-OH is 15. The van der Waals surface area contributed by atoms with Crippen LogP contribution in [0.15, 0.2) is 29.4 Å². The molecule has 0 aromatic heterocycles. The second-order valence-electron chi connectivity index (χ2n) is 21.2. The molecule has 30 atom stereocenters. The highest BCUT2D eigenvalue weighted by Gasteiger charge is 2.58. The molecule has 1 aromatic rings. The summed E-state index contributed by atoms with van der Waals surface area (Å²) in [6.07, 6.45) is -47.8. The van der Waals surface area contributed by atoms with Gasteiger partial charge in [-0.15, -0.1) is 0 Å². The van der Waals surface area contributed by atoms with Crippen LogP contribution in [0.4, 0.5) is 11.4 Å². The number of nitrogens with one attached hydrogen (secondary N) is 4. The van der Waals surface area contributed by atoms with Gasteiger partial charge in [0.05, 0.1) is 25.9 Å². The van der Waals surface area contributed by atoms with Crippen LogP contribution < -0.4 is 21.3 Å². The number of amides is 4. The van der Waals surface area contributed by atoms with Gasteiger partial charge >= 0.3 is 11.9 Å². The monoisotopic (exact) mass is 1290 g/mol. The van der Waals surface area contributed by atoms with Crippen LogP contribution in [-0.2, 0) is 76.1 Å². The largest absolute Gasteiger partial charge is 0.479 e. The molecule has 0 saturated carbocycles. The number of benzene rings is 1. The number of carboxylic acids is 2. The lowest BCUT2D eigenvalue weighted by Gasteiger charge is -2.50. The van der Waals surface area contributed by atoms with E-state index in [0.29, 0.717) is 0 Å². The van der Waals surface area contributed by atoms with Crippen LogP contribution in [0.25, 0.3) is 10.4 Å². The van der Waals surface area contributed by atoms with Crippen molar-refractivity contribution in [2.75, 3.05) is 25.1 Å². The Balaban J connectivity index is 0.000000389. The SMILES string of the molecule is CC(=O)NC1C(O)OC(CO)C(O)C1OC1OC(C(=O)O)C(O)C(O)C1O.CC(=O)NC1C(O)OC(CO)C(O)C1OC1OC(C(=O)O)C(OC2OC(CO)C(O)C(OC3OC(C(=O)Nc4ccc(N=[N+]=[N-])cc4)C(O)C(O)C3O)C2NC(C)=O)C(O)C1C. The zero-order chi connectivity index (χ0) is 66.2. The molecule has 1 aromatic carbocycles. The summed E-state index contributed by atoms with van der Waals surface area (Å²) in [6, 6.07) is 0.822. The zero-order valence-electron chi connectivity index (χ0n) is 47.2. The van der Waals surface area contributed by atoms with E-state index in [4.69, 9.17) is 58.0 Å². The van der Waals surface area contributed by atoms with E-state index in [1.165, 1.54) is 31.2 Å².